The molecule has 0 heterocycles. The van der Waals surface area contributed by atoms with Gasteiger partial charge in [-0.05, 0) is 37.7 Å². The zero-order valence-corrected chi connectivity index (χ0v) is 10.9. The molecule has 1 aromatic rings. The van der Waals surface area contributed by atoms with Gasteiger partial charge in [0.25, 0.3) is 0 Å². The number of carbonyl (C=O) groups excluding carboxylic acids is 1. The number of halogens is 1. The van der Waals surface area contributed by atoms with Crippen molar-refractivity contribution in [2.75, 3.05) is 20.7 Å². The number of rotatable bonds is 6. The lowest BCUT2D eigenvalue weighted by Crippen LogP contribution is -2.23. The number of benzene rings is 1. The van der Waals surface area contributed by atoms with E-state index in [0.717, 1.165) is 13.2 Å². The summed E-state index contributed by atoms with van der Waals surface area (Å²) >= 11 is 0. The Balaban J connectivity index is 2.85. The SMILES string of the molecule is CNCCC(O)C(O)c1ccc(C(=O)OC)c(F)c1. The van der Waals surface area contributed by atoms with E-state index in [1.165, 1.54) is 12.1 Å². The molecule has 0 bridgehead atoms. The highest BCUT2D eigenvalue weighted by molar-refractivity contribution is 5.89. The summed E-state index contributed by atoms with van der Waals surface area (Å²) in [5.41, 5.74) is 0.0110. The van der Waals surface area contributed by atoms with Gasteiger partial charge in [-0.15, -0.1) is 0 Å². The van der Waals surface area contributed by atoms with Gasteiger partial charge in [-0.1, -0.05) is 6.07 Å². The van der Waals surface area contributed by atoms with E-state index in [2.05, 4.69) is 10.1 Å². The van der Waals surface area contributed by atoms with Crippen LogP contribution in [0.2, 0.25) is 0 Å². The van der Waals surface area contributed by atoms with E-state index >= 15 is 0 Å². The van der Waals surface area contributed by atoms with Crippen molar-refractivity contribution >= 4 is 5.97 Å². The summed E-state index contributed by atoms with van der Waals surface area (Å²) in [7, 11) is 2.88. The third kappa shape index (κ3) is 3.99. The second-order valence-corrected chi connectivity index (χ2v) is 4.14. The van der Waals surface area contributed by atoms with Crippen LogP contribution < -0.4 is 5.32 Å². The Bertz CT molecular complexity index is 439. The Hall–Kier alpha value is -1.50. The van der Waals surface area contributed by atoms with Gasteiger partial charge in [0, 0.05) is 0 Å². The number of hydrogen-bond acceptors (Lipinski definition) is 5. The molecular formula is C13H18FNO4. The Morgan fingerprint density at radius 1 is 1.47 bits per heavy atom. The topological polar surface area (TPSA) is 78.8 Å². The van der Waals surface area contributed by atoms with E-state index in [0.29, 0.717) is 13.0 Å². The van der Waals surface area contributed by atoms with Gasteiger partial charge >= 0.3 is 5.97 Å². The van der Waals surface area contributed by atoms with Crippen LogP contribution in [0, 0.1) is 5.82 Å². The molecular weight excluding hydrogens is 253 g/mol. The second kappa shape index (κ2) is 7.18. The van der Waals surface area contributed by atoms with Crippen molar-refractivity contribution in [1.29, 1.82) is 0 Å². The fourth-order valence-corrected chi connectivity index (χ4v) is 1.66. The van der Waals surface area contributed by atoms with Gasteiger partial charge in [-0.3, -0.25) is 0 Å². The lowest BCUT2D eigenvalue weighted by atomic mass is 10.0. The Labute approximate surface area is 111 Å². The normalized spacial score (nSPS) is 13.9. The smallest absolute Gasteiger partial charge is 0.340 e. The molecule has 0 aromatic heterocycles. The second-order valence-electron chi connectivity index (χ2n) is 4.14. The van der Waals surface area contributed by atoms with Crippen LogP contribution in [0.3, 0.4) is 0 Å². The maximum atomic E-state index is 13.7. The van der Waals surface area contributed by atoms with Crippen LogP contribution in [0.15, 0.2) is 18.2 Å². The molecule has 1 rings (SSSR count). The molecule has 5 nitrogen and oxygen atoms in total. The van der Waals surface area contributed by atoms with E-state index in [1.54, 1.807) is 7.05 Å². The van der Waals surface area contributed by atoms with E-state index in [9.17, 15) is 19.4 Å². The van der Waals surface area contributed by atoms with Gasteiger partial charge in [0.15, 0.2) is 0 Å². The van der Waals surface area contributed by atoms with Gasteiger partial charge in [0.1, 0.15) is 11.9 Å². The third-order valence-electron chi connectivity index (χ3n) is 2.79. The standard InChI is InChI=1S/C13H18FNO4/c1-15-6-5-11(16)12(17)8-3-4-9(10(14)7-8)13(18)19-2/h3-4,7,11-12,15-17H,5-6H2,1-2H3. The Morgan fingerprint density at radius 2 is 2.16 bits per heavy atom. The summed E-state index contributed by atoms with van der Waals surface area (Å²) in [6.07, 6.45) is -1.87. The van der Waals surface area contributed by atoms with E-state index in [-0.39, 0.29) is 11.1 Å². The van der Waals surface area contributed by atoms with Crippen molar-refractivity contribution in [2.45, 2.75) is 18.6 Å². The molecule has 0 fully saturated rings. The molecule has 0 spiro atoms. The molecule has 3 N–H and O–H groups in total. The number of carbonyl (C=O) groups is 1. The summed E-state index contributed by atoms with van der Waals surface area (Å²) in [5, 5.41) is 22.4. The molecule has 2 unspecified atom stereocenters. The molecule has 0 saturated heterocycles. The first-order valence-electron chi connectivity index (χ1n) is 5.89. The van der Waals surface area contributed by atoms with Crippen molar-refractivity contribution < 1.29 is 24.1 Å². The Kier molecular flexibility index (Phi) is 5.88. The first-order valence-corrected chi connectivity index (χ1v) is 5.89. The van der Waals surface area contributed by atoms with Crippen molar-refractivity contribution in [3.8, 4) is 0 Å². The van der Waals surface area contributed by atoms with Gasteiger partial charge in [-0.25, -0.2) is 9.18 Å². The lowest BCUT2D eigenvalue weighted by molar-refractivity contribution is 0.0138. The van der Waals surface area contributed by atoms with Crippen LogP contribution in [0.1, 0.15) is 28.4 Å². The summed E-state index contributed by atoms with van der Waals surface area (Å²) in [6, 6.07) is 3.65. The number of methoxy groups -OCH3 is 1. The van der Waals surface area contributed by atoms with Gasteiger partial charge in [0.05, 0.1) is 18.8 Å². The van der Waals surface area contributed by atoms with Crippen molar-refractivity contribution in [3.05, 3.63) is 35.1 Å². The number of hydrogen-bond donors (Lipinski definition) is 3. The number of aliphatic hydroxyl groups excluding tert-OH is 2. The fourth-order valence-electron chi connectivity index (χ4n) is 1.66. The van der Waals surface area contributed by atoms with E-state index in [4.69, 9.17) is 0 Å². The summed E-state index contributed by atoms with van der Waals surface area (Å²) in [6.45, 7) is 0.529. The largest absolute Gasteiger partial charge is 0.465 e. The molecule has 1 aromatic carbocycles. The van der Waals surface area contributed by atoms with Gasteiger partial charge in [0.2, 0.25) is 0 Å². The molecule has 6 heteroatoms. The summed E-state index contributed by atoms with van der Waals surface area (Å²) in [5.74, 6) is -1.57. The fraction of sp³-hybridized carbons (Fsp3) is 0.462. The molecule has 0 amide bonds. The quantitative estimate of drug-likeness (QED) is 0.661. The molecule has 0 saturated carbocycles. The van der Waals surface area contributed by atoms with Crippen molar-refractivity contribution in [3.63, 3.8) is 0 Å². The monoisotopic (exact) mass is 271 g/mol. The predicted octanol–water partition coefficient (Wildman–Crippen LogP) is 0.616. The van der Waals surface area contributed by atoms with Crippen LogP contribution >= 0.6 is 0 Å². The van der Waals surface area contributed by atoms with Crippen LogP contribution in [0.5, 0.6) is 0 Å². The highest BCUT2D eigenvalue weighted by Gasteiger charge is 2.20. The molecule has 0 aliphatic rings. The number of esters is 1. The van der Waals surface area contributed by atoms with Crippen molar-refractivity contribution in [1.82, 2.24) is 5.32 Å². The molecule has 0 radical (unpaired) electrons. The maximum absolute atomic E-state index is 13.7. The lowest BCUT2D eigenvalue weighted by Gasteiger charge is -2.18. The van der Waals surface area contributed by atoms with Crippen LogP contribution in [-0.2, 0) is 4.74 Å². The molecule has 2 atom stereocenters. The van der Waals surface area contributed by atoms with E-state index < -0.39 is 24.0 Å². The molecule has 0 aliphatic heterocycles. The van der Waals surface area contributed by atoms with Gasteiger partial charge < -0.3 is 20.3 Å². The van der Waals surface area contributed by atoms with Crippen LogP contribution in [-0.4, -0.2) is 43.0 Å². The van der Waals surface area contributed by atoms with Crippen molar-refractivity contribution in [2.24, 2.45) is 0 Å². The minimum absolute atomic E-state index is 0.205. The number of ether oxygens (including phenoxy) is 1. The zero-order valence-electron chi connectivity index (χ0n) is 10.9. The third-order valence-corrected chi connectivity index (χ3v) is 2.79. The number of nitrogens with one attached hydrogen (secondary N) is 1. The van der Waals surface area contributed by atoms with Crippen LogP contribution in [0.25, 0.3) is 0 Å². The average Bonchev–Trinajstić information content (AvgIpc) is 2.42. The van der Waals surface area contributed by atoms with Crippen LogP contribution in [0.4, 0.5) is 4.39 Å². The number of aliphatic hydroxyl groups is 2. The zero-order chi connectivity index (χ0) is 14.4. The minimum Gasteiger partial charge on any atom is -0.465 e. The average molecular weight is 271 g/mol. The van der Waals surface area contributed by atoms with E-state index in [1.807, 2.05) is 0 Å². The first kappa shape index (κ1) is 15.6. The van der Waals surface area contributed by atoms with Gasteiger partial charge in [-0.2, -0.15) is 0 Å². The minimum atomic E-state index is -1.20. The highest BCUT2D eigenvalue weighted by Crippen LogP contribution is 2.21. The summed E-state index contributed by atoms with van der Waals surface area (Å²) in [4.78, 5) is 11.2. The first-order chi connectivity index (χ1) is 9.01. The summed E-state index contributed by atoms with van der Waals surface area (Å²) < 4.78 is 18.1. The molecule has 0 aliphatic carbocycles. The highest BCUT2D eigenvalue weighted by atomic mass is 19.1. The molecule has 19 heavy (non-hydrogen) atoms. The predicted molar refractivity (Wildman–Crippen MR) is 67.2 cm³/mol. The Morgan fingerprint density at radius 3 is 2.68 bits per heavy atom. The maximum Gasteiger partial charge on any atom is 0.340 e. The molecule has 106 valence electrons.